The molecule has 1 aromatic carbocycles. The van der Waals surface area contributed by atoms with Gasteiger partial charge < -0.3 is 29.7 Å². The van der Waals surface area contributed by atoms with Crippen LogP contribution in [0.2, 0.25) is 0 Å². The van der Waals surface area contributed by atoms with Crippen LogP contribution in [0.1, 0.15) is 31.7 Å². The van der Waals surface area contributed by atoms with Gasteiger partial charge in [-0.05, 0) is 62.9 Å². The van der Waals surface area contributed by atoms with Crippen LogP contribution in [-0.2, 0) is 16.0 Å². The number of guanidine groups is 1. The zero-order valence-corrected chi connectivity index (χ0v) is 19.0. The Hall–Kier alpha value is -1.83. The van der Waals surface area contributed by atoms with E-state index >= 15 is 0 Å². The summed E-state index contributed by atoms with van der Waals surface area (Å²) in [6, 6.07) is 8.07. The first-order valence-electron chi connectivity index (χ1n) is 11.2. The summed E-state index contributed by atoms with van der Waals surface area (Å²) in [5.41, 5.74) is 1.16. The van der Waals surface area contributed by atoms with Crippen molar-refractivity contribution < 1.29 is 14.2 Å². The van der Waals surface area contributed by atoms with E-state index in [1.165, 1.54) is 12.8 Å². The highest BCUT2D eigenvalue weighted by molar-refractivity contribution is 5.79. The molecule has 1 fully saturated rings. The fraction of sp³-hybridized carbons (Fsp3) is 0.696. The Morgan fingerprint density at radius 1 is 1.10 bits per heavy atom. The molecule has 0 saturated carbocycles. The second kappa shape index (κ2) is 15.0. The second-order valence-corrected chi connectivity index (χ2v) is 7.65. The van der Waals surface area contributed by atoms with Crippen LogP contribution in [0.3, 0.4) is 0 Å². The molecule has 1 aliphatic heterocycles. The summed E-state index contributed by atoms with van der Waals surface area (Å²) >= 11 is 0. The minimum atomic E-state index is 0.639. The lowest BCUT2D eigenvalue weighted by molar-refractivity contribution is 0.121. The van der Waals surface area contributed by atoms with Crippen LogP contribution < -0.4 is 15.4 Å². The summed E-state index contributed by atoms with van der Waals surface area (Å²) in [4.78, 5) is 7.28. The topological polar surface area (TPSA) is 67.3 Å². The third-order valence-corrected chi connectivity index (χ3v) is 5.42. The third-order valence-electron chi connectivity index (χ3n) is 5.42. The predicted octanol–water partition coefficient (Wildman–Crippen LogP) is 2.52. The highest BCUT2D eigenvalue weighted by Crippen LogP contribution is 2.16. The van der Waals surface area contributed by atoms with Crippen molar-refractivity contribution in [2.24, 2.45) is 10.9 Å². The highest BCUT2D eigenvalue weighted by atomic mass is 16.5. The molecule has 1 heterocycles. The summed E-state index contributed by atoms with van der Waals surface area (Å²) in [6.45, 7) is 10.2. The molecule has 0 amide bonds. The molecule has 0 radical (unpaired) electrons. The number of hydrogen-bond donors (Lipinski definition) is 2. The summed E-state index contributed by atoms with van der Waals surface area (Å²) < 4.78 is 15.9. The normalized spacial score (nSPS) is 15.9. The van der Waals surface area contributed by atoms with Gasteiger partial charge >= 0.3 is 0 Å². The molecule has 0 bridgehead atoms. The monoisotopic (exact) mass is 420 g/mol. The molecule has 0 spiro atoms. The van der Waals surface area contributed by atoms with E-state index in [9.17, 15) is 0 Å². The van der Waals surface area contributed by atoms with E-state index in [4.69, 9.17) is 19.2 Å². The number of nitrogens with one attached hydrogen (secondary N) is 2. The average Bonchev–Trinajstić information content (AvgIpc) is 2.79. The molecular weight excluding hydrogens is 380 g/mol. The van der Waals surface area contributed by atoms with E-state index in [1.807, 2.05) is 19.1 Å². The molecule has 1 aromatic rings. The fourth-order valence-corrected chi connectivity index (χ4v) is 3.48. The zero-order valence-electron chi connectivity index (χ0n) is 19.0. The second-order valence-electron chi connectivity index (χ2n) is 7.65. The Balaban J connectivity index is 1.81. The van der Waals surface area contributed by atoms with Gasteiger partial charge in [0, 0.05) is 40.0 Å². The van der Waals surface area contributed by atoms with Gasteiger partial charge in [0.2, 0.25) is 0 Å². The van der Waals surface area contributed by atoms with Gasteiger partial charge in [0.25, 0.3) is 0 Å². The average molecular weight is 421 g/mol. The van der Waals surface area contributed by atoms with E-state index in [1.54, 1.807) is 14.2 Å². The molecule has 0 unspecified atom stereocenters. The number of rotatable bonds is 13. The number of methoxy groups -OCH3 is 2. The fourth-order valence-electron chi connectivity index (χ4n) is 3.48. The SMILES string of the molecule is CCOCCCNC(=NCc1ccc(OC)cc1)NCC1CCN(CCOC)CC1. The quantitative estimate of drug-likeness (QED) is 0.290. The zero-order chi connectivity index (χ0) is 21.4. The van der Waals surface area contributed by atoms with Crippen molar-refractivity contribution in [3.8, 4) is 5.75 Å². The lowest BCUT2D eigenvalue weighted by Gasteiger charge is -2.32. The van der Waals surface area contributed by atoms with Gasteiger partial charge in [0.1, 0.15) is 5.75 Å². The van der Waals surface area contributed by atoms with Gasteiger partial charge in [0.05, 0.1) is 20.3 Å². The maximum absolute atomic E-state index is 5.43. The Kier molecular flexibility index (Phi) is 12.3. The molecule has 7 heteroatoms. The number of aliphatic imine (C=N–C) groups is 1. The van der Waals surface area contributed by atoms with Crippen LogP contribution in [0.4, 0.5) is 0 Å². The molecule has 1 saturated heterocycles. The minimum absolute atomic E-state index is 0.639. The number of nitrogens with zero attached hydrogens (tertiary/aromatic N) is 2. The Labute approximate surface area is 182 Å². The van der Waals surface area contributed by atoms with Crippen LogP contribution in [0.25, 0.3) is 0 Å². The Morgan fingerprint density at radius 2 is 1.87 bits per heavy atom. The molecular formula is C23H40N4O3. The van der Waals surface area contributed by atoms with E-state index in [2.05, 4.69) is 27.7 Å². The van der Waals surface area contributed by atoms with E-state index < -0.39 is 0 Å². The maximum Gasteiger partial charge on any atom is 0.191 e. The van der Waals surface area contributed by atoms with Crippen molar-refractivity contribution in [2.45, 2.75) is 32.7 Å². The van der Waals surface area contributed by atoms with Gasteiger partial charge in [-0.15, -0.1) is 0 Å². The van der Waals surface area contributed by atoms with Crippen molar-refractivity contribution in [3.63, 3.8) is 0 Å². The van der Waals surface area contributed by atoms with Crippen LogP contribution in [0.5, 0.6) is 5.75 Å². The lowest BCUT2D eigenvalue weighted by Crippen LogP contribution is -2.43. The van der Waals surface area contributed by atoms with Gasteiger partial charge in [-0.3, -0.25) is 0 Å². The smallest absolute Gasteiger partial charge is 0.191 e. The van der Waals surface area contributed by atoms with Gasteiger partial charge in [0.15, 0.2) is 5.96 Å². The standard InChI is InChI=1S/C23H40N4O3/c1-4-30-16-5-12-24-23(25-18-20-6-8-22(29-3)9-7-20)26-19-21-10-13-27(14-11-21)15-17-28-2/h6-9,21H,4-5,10-19H2,1-3H3,(H2,24,25,26). The van der Waals surface area contributed by atoms with E-state index in [0.717, 1.165) is 76.2 Å². The molecule has 0 aliphatic carbocycles. The lowest BCUT2D eigenvalue weighted by atomic mass is 9.97. The molecule has 2 N–H and O–H groups in total. The van der Waals surface area contributed by atoms with Crippen molar-refractivity contribution in [1.29, 1.82) is 0 Å². The summed E-state index contributed by atoms with van der Waals surface area (Å²) in [7, 11) is 3.45. The van der Waals surface area contributed by atoms with Crippen molar-refractivity contribution >= 4 is 5.96 Å². The number of likely N-dealkylation sites (tertiary alicyclic amines) is 1. The maximum atomic E-state index is 5.43. The van der Waals surface area contributed by atoms with Crippen LogP contribution in [0.15, 0.2) is 29.3 Å². The number of hydrogen-bond acceptors (Lipinski definition) is 5. The number of ether oxygens (including phenoxy) is 3. The highest BCUT2D eigenvalue weighted by Gasteiger charge is 2.19. The Morgan fingerprint density at radius 3 is 2.53 bits per heavy atom. The Bertz CT molecular complexity index is 587. The van der Waals surface area contributed by atoms with Gasteiger partial charge in [-0.2, -0.15) is 0 Å². The van der Waals surface area contributed by atoms with Gasteiger partial charge in [-0.25, -0.2) is 4.99 Å². The summed E-state index contributed by atoms with van der Waals surface area (Å²) in [6.07, 6.45) is 3.40. The van der Waals surface area contributed by atoms with E-state index in [0.29, 0.717) is 12.5 Å². The molecule has 1 aliphatic rings. The van der Waals surface area contributed by atoms with E-state index in [-0.39, 0.29) is 0 Å². The van der Waals surface area contributed by atoms with Crippen molar-refractivity contribution in [2.75, 3.05) is 66.8 Å². The number of piperidine rings is 1. The van der Waals surface area contributed by atoms with Crippen LogP contribution in [0, 0.1) is 5.92 Å². The molecule has 7 nitrogen and oxygen atoms in total. The molecule has 30 heavy (non-hydrogen) atoms. The predicted molar refractivity (Wildman–Crippen MR) is 122 cm³/mol. The van der Waals surface area contributed by atoms with Crippen molar-refractivity contribution in [3.05, 3.63) is 29.8 Å². The first-order valence-corrected chi connectivity index (χ1v) is 11.2. The first-order chi connectivity index (χ1) is 14.7. The first kappa shape index (κ1) is 24.4. The van der Waals surface area contributed by atoms with Crippen molar-refractivity contribution in [1.82, 2.24) is 15.5 Å². The molecule has 0 aromatic heterocycles. The van der Waals surface area contributed by atoms with Crippen LogP contribution in [-0.4, -0.2) is 77.6 Å². The minimum Gasteiger partial charge on any atom is -0.497 e. The summed E-state index contributed by atoms with van der Waals surface area (Å²) in [5, 5.41) is 7.02. The molecule has 170 valence electrons. The third kappa shape index (κ3) is 9.78. The largest absolute Gasteiger partial charge is 0.497 e. The summed E-state index contributed by atoms with van der Waals surface area (Å²) in [5.74, 6) is 2.43. The number of benzene rings is 1. The van der Waals surface area contributed by atoms with Gasteiger partial charge in [-0.1, -0.05) is 12.1 Å². The molecule has 2 rings (SSSR count). The van der Waals surface area contributed by atoms with Crippen LogP contribution >= 0.6 is 0 Å². The molecule has 0 atom stereocenters.